The maximum atomic E-state index is 14.2. The van der Waals surface area contributed by atoms with Gasteiger partial charge in [-0.15, -0.1) is 5.10 Å². The molecule has 4 rings (SSSR count). The van der Waals surface area contributed by atoms with Crippen LogP contribution < -0.4 is 0 Å². The van der Waals surface area contributed by atoms with E-state index < -0.39 is 5.82 Å². The molecule has 0 radical (unpaired) electrons. The summed E-state index contributed by atoms with van der Waals surface area (Å²) < 4.78 is 20.7. The van der Waals surface area contributed by atoms with E-state index in [0.717, 1.165) is 0 Å². The molecule has 3 aromatic heterocycles. The fraction of sp³-hybridized carbons (Fsp3) is 0.125. The summed E-state index contributed by atoms with van der Waals surface area (Å²) in [5.41, 5.74) is 2.60. The Bertz CT molecular complexity index is 1110. The second-order valence-electron chi connectivity index (χ2n) is 5.35. The minimum atomic E-state index is -0.433. The van der Waals surface area contributed by atoms with Crippen molar-refractivity contribution in [2.45, 2.75) is 13.5 Å². The highest BCUT2D eigenvalue weighted by atomic mass is 19.1. The van der Waals surface area contributed by atoms with Crippen molar-refractivity contribution in [2.75, 3.05) is 0 Å². The molecule has 0 amide bonds. The monoisotopic (exact) mass is 335 g/mol. The summed E-state index contributed by atoms with van der Waals surface area (Å²) in [4.78, 5) is 4.37. The average molecular weight is 335 g/mol. The molecule has 0 aliphatic carbocycles. The van der Waals surface area contributed by atoms with E-state index in [1.165, 1.54) is 6.07 Å². The number of hydrogen-bond acceptors (Lipinski definition) is 7. The van der Waals surface area contributed by atoms with Gasteiger partial charge >= 0.3 is 0 Å². The number of imidazole rings is 1. The van der Waals surface area contributed by atoms with Crippen LogP contribution in [-0.2, 0) is 6.54 Å². The van der Waals surface area contributed by atoms with Gasteiger partial charge < -0.3 is 4.57 Å². The van der Waals surface area contributed by atoms with Gasteiger partial charge in [0.1, 0.15) is 17.3 Å². The van der Waals surface area contributed by atoms with E-state index in [4.69, 9.17) is 9.89 Å². The molecule has 0 unspecified atom stereocenters. The summed E-state index contributed by atoms with van der Waals surface area (Å²) in [7, 11) is 0. The summed E-state index contributed by atoms with van der Waals surface area (Å²) in [6.45, 7) is 2.01. The molecular weight excluding hydrogens is 325 g/mol. The van der Waals surface area contributed by atoms with Crippen LogP contribution >= 0.6 is 0 Å². The van der Waals surface area contributed by atoms with Crippen molar-refractivity contribution >= 4 is 11.0 Å². The highest BCUT2D eigenvalue weighted by Gasteiger charge is 2.20. The largest absolute Gasteiger partial charge is 0.316 e. The zero-order valence-corrected chi connectivity index (χ0v) is 13.0. The first-order valence-electron chi connectivity index (χ1n) is 7.34. The minimum Gasteiger partial charge on any atom is -0.316 e. The van der Waals surface area contributed by atoms with Gasteiger partial charge in [0.2, 0.25) is 0 Å². The first-order chi connectivity index (χ1) is 12.2. The van der Waals surface area contributed by atoms with E-state index in [1.54, 1.807) is 35.8 Å². The molecule has 25 heavy (non-hydrogen) atoms. The molecule has 8 nitrogen and oxygen atoms in total. The van der Waals surface area contributed by atoms with Gasteiger partial charge in [-0.25, -0.2) is 14.0 Å². The molecule has 0 N–H and O–H groups in total. The molecular formula is C16H10FN7O. The Kier molecular flexibility index (Phi) is 3.43. The minimum absolute atomic E-state index is 0.224. The van der Waals surface area contributed by atoms with Crippen molar-refractivity contribution in [2.24, 2.45) is 0 Å². The standard InChI is InChI=1S/C16H10FN7O/c1-9-14(23-25-22-9)16-19-15-12(17)3-2-4-13(15)24(16)8-11-6-5-10(7-18)20-21-11/h2-6H,8H2,1H3. The van der Waals surface area contributed by atoms with E-state index in [0.29, 0.717) is 28.4 Å². The van der Waals surface area contributed by atoms with Crippen molar-refractivity contribution in [3.63, 3.8) is 0 Å². The number of hydrogen-bond donors (Lipinski definition) is 0. The number of nitriles is 1. The van der Waals surface area contributed by atoms with Gasteiger partial charge in [0, 0.05) is 0 Å². The van der Waals surface area contributed by atoms with Crippen LogP contribution in [0.1, 0.15) is 17.1 Å². The summed E-state index contributed by atoms with van der Waals surface area (Å²) in [6.07, 6.45) is 0. The zero-order chi connectivity index (χ0) is 17.4. The Labute approximate surface area is 140 Å². The first kappa shape index (κ1) is 14.9. The topological polar surface area (TPSA) is 106 Å². The molecule has 0 saturated carbocycles. The number of fused-ring (bicyclic) bond motifs is 1. The Hall–Kier alpha value is -3.67. The molecule has 9 heteroatoms. The van der Waals surface area contributed by atoms with Crippen LogP contribution in [0.25, 0.3) is 22.6 Å². The lowest BCUT2D eigenvalue weighted by atomic mass is 10.3. The Morgan fingerprint density at radius 3 is 2.76 bits per heavy atom. The molecule has 0 fully saturated rings. The third kappa shape index (κ3) is 2.49. The Morgan fingerprint density at radius 2 is 2.08 bits per heavy atom. The number of benzene rings is 1. The molecule has 0 atom stereocenters. The molecule has 0 saturated heterocycles. The van der Waals surface area contributed by atoms with Gasteiger partial charge in [-0.2, -0.15) is 10.4 Å². The quantitative estimate of drug-likeness (QED) is 0.565. The third-order valence-corrected chi connectivity index (χ3v) is 3.75. The SMILES string of the molecule is Cc1nonc1-c1nc2c(F)cccc2n1Cc1ccc(C#N)nn1. The van der Waals surface area contributed by atoms with E-state index >= 15 is 0 Å². The number of rotatable bonds is 3. The van der Waals surface area contributed by atoms with Crippen LogP contribution in [0.3, 0.4) is 0 Å². The molecule has 0 aliphatic rings. The molecule has 3 heterocycles. The van der Waals surface area contributed by atoms with Crippen molar-refractivity contribution in [1.29, 1.82) is 5.26 Å². The van der Waals surface area contributed by atoms with Gasteiger partial charge in [-0.3, -0.25) is 0 Å². The molecule has 0 bridgehead atoms. The molecule has 1 aromatic carbocycles. The van der Waals surface area contributed by atoms with Crippen molar-refractivity contribution in [3.05, 3.63) is 53.2 Å². The van der Waals surface area contributed by atoms with Gasteiger partial charge in [0.15, 0.2) is 23.0 Å². The smallest absolute Gasteiger partial charge is 0.173 e. The van der Waals surface area contributed by atoms with Crippen molar-refractivity contribution in [3.8, 4) is 17.6 Å². The Morgan fingerprint density at radius 1 is 1.20 bits per heavy atom. The lowest BCUT2D eigenvalue weighted by Gasteiger charge is -2.07. The molecule has 122 valence electrons. The van der Waals surface area contributed by atoms with Crippen LogP contribution in [0.5, 0.6) is 0 Å². The van der Waals surface area contributed by atoms with Crippen LogP contribution in [0.4, 0.5) is 4.39 Å². The second-order valence-corrected chi connectivity index (χ2v) is 5.35. The normalized spacial score (nSPS) is 10.9. The van der Waals surface area contributed by atoms with E-state index in [2.05, 4.69) is 25.5 Å². The summed E-state index contributed by atoms with van der Waals surface area (Å²) in [6, 6.07) is 9.90. The van der Waals surface area contributed by atoms with E-state index in [9.17, 15) is 4.39 Å². The zero-order valence-electron chi connectivity index (χ0n) is 13.0. The molecule has 0 spiro atoms. The van der Waals surface area contributed by atoms with Crippen LogP contribution in [0.15, 0.2) is 35.0 Å². The van der Waals surface area contributed by atoms with E-state index in [-0.39, 0.29) is 17.8 Å². The lowest BCUT2D eigenvalue weighted by Crippen LogP contribution is -2.06. The van der Waals surface area contributed by atoms with Crippen LogP contribution in [-0.4, -0.2) is 30.1 Å². The number of aromatic nitrogens is 6. The predicted octanol–water partition coefficient (Wildman–Crippen LogP) is 2.24. The fourth-order valence-electron chi connectivity index (χ4n) is 2.55. The highest BCUT2D eigenvalue weighted by Crippen LogP contribution is 2.27. The summed E-state index contributed by atoms with van der Waals surface area (Å²) in [5, 5.41) is 24.3. The summed E-state index contributed by atoms with van der Waals surface area (Å²) in [5.74, 6) is -0.0115. The van der Waals surface area contributed by atoms with Gasteiger partial charge in [0.25, 0.3) is 0 Å². The van der Waals surface area contributed by atoms with Gasteiger partial charge in [-0.1, -0.05) is 11.2 Å². The summed E-state index contributed by atoms with van der Waals surface area (Å²) >= 11 is 0. The number of nitrogens with zero attached hydrogens (tertiary/aromatic N) is 7. The second kappa shape index (κ2) is 5.76. The predicted molar refractivity (Wildman–Crippen MR) is 83.6 cm³/mol. The maximum absolute atomic E-state index is 14.2. The number of halogens is 1. The van der Waals surface area contributed by atoms with Crippen molar-refractivity contribution in [1.82, 2.24) is 30.1 Å². The fourth-order valence-corrected chi connectivity index (χ4v) is 2.55. The maximum Gasteiger partial charge on any atom is 0.173 e. The van der Waals surface area contributed by atoms with Crippen LogP contribution in [0, 0.1) is 24.1 Å². The van der Waals surface area contributed by atoms with Crippen LogP contribution in [0.2, 0.25) is 0 Å². The van der Waals surface area contributed by atoms with Crippen molar-refractivity contribution < 1.29 is 9.02 Å². The third-order valence-electron chi connectivity index (χ3n) is 3.75. The lowest BCUT2D eigenvalue weighted by molar-refractivity contribution is 0.305. The average Bonchev–Trinajstić information content (AvgIpc) is 3.20. The highest BCUT2D eigenvalue weighted by molar-refractivity contribution is 5.81. The van der Waals surface area contributed by atoms with E-state index in [1.807, 2.05) is 6.07 Å². The van der Waals surface area contributed by atoms with Gasteiger partial charge in [0.05, 0.1) is 17.8 Å². The first-order valence-corrected chi connectivity index (χ1v) is 7.34. The Balaban J connectivity index is 1.90. The molecule has 0 aliphatic heterocycles. The molecule has 4 aromatic rings. The van der Waals surface area contributed by atoms with Gasteiger partial charge in [-0.05, 0) is 36.3 Å². The number of para-hydroxylation sites is 1. The number of aryl methyl sites for hydroxylation is 1.